The summed E-state index contributed by atoms with van der Waals surface area (Å²) in [7, 11) is 2.17. The smallest absolute Gasteiger partial charge is 0.222 e. The van der Waals surface area contributed by atoms with E-state index in [1.807, 2.05) is 49.1 Å². The third kappa shape index (κ3) is 7.51. The summed E-state index contributed by atoms with van der Waals surface area (Å²) in [6, 6.07) is 18.9. The molecule has 0 aliphatic carbocycles. The maximum absolute atomic E-state index is 12.9. The topological polar surface area (TPSA) is 59.8 Å². The normalized spacial score (nSPS) is 20.1. The molecule has 2 aliphatic rings. The standard InChI is InChI=1S/C30H40N4O2.C2H6/c1-25-10-8-13-27(29(25)34-21-19-32(2)20-22-34)36-23-7-6-14-28(35)33-17-9-15-30(24-31,16-18-33)26-11-4-3-5-12-26;1-2/h3-5,8,10-13H,6-7,9,14-23H2,1-2H3;1-2H3. The van der Waals surface area contributed by atoms with Crippen molar-refractivity contribution in [3.8, 4) is 11.8 Å². The van der Waals surface area contributed by atoms with Crippen molar-refractivity contribution in [1.29, 1.82) is 5.26 Å². The predicted octanol–water partition coefficient (Wildman–Crippen LogP) is 5.80. The number of unbranched alkanes of at least 4 members (excludes halogenated alkanes) is 1. The number of amides is 1. The molecule has 0 saturated carbocycles. The van der Waals surface area contributed by atoms with Gasteiger partial charge in [0, 0.05) is 45.7 Å². The van der Waals surface area contributed by atoms with E-state index < -0.39 is 5.41 Å². The highest BCUT2D eigenvalue weighted by molar-refractivity contribution is 5.76. The summed E-state index contributed by atoms with van der Waals surface area (Å²) < 4.78 is 6.22. The molecule has 206 valence electrons. The fourth-order valence-electron chi connectivity index (χ4n) is 5.51. The largest absolute Gasteiger partial charge is 0.491 e. The van der Waals surface area contributed by atoms with Gasteiger partial charge in [-0.3, -0.25) is 4.79 Å². The molecule has 6 heteroatoms. The lowest BCUT2D eigenvalue weighted by Gasteiger charge is -2.35. The number of para-hydroxylation sites is 1. The molecule has 0 spiro atoms. The Morgan fingerprint density at radius 2 is 1.68 bits per heavy atom. The highest BCUT2D eigenvalue weighted by Gasteiger charge is 2.35. The molecule has 0 bridgehead atoms. The number of likely N-dealkylation sites (N-methyl/N-ethyl adjacent to an activating group) is 1. The quantitative estimate of drug-likeness (QED) is 0.414. The maximum Gasteiger partial charge on any atom is 0.222 e. The van der Waals surface area contributed by atoms with Crippen LogP contribution in [0.25, 0.3) is 0 Å². The molecule has 1 atom stereocenters. The highest BCUT2D eigenvalue weighted by atomic mass is 16.5. The van der Waals surface area contributed by atoms with Gasteiger partial charge < -0.3 is 19.4 Å². The van der Waals surface area contributed by atoms with Crippen LogP contribution in [0.3, 0.4) is 0 Å². The average molecular weight is 519 g/mol. The fourth-order valence-corrected chi connectivity index (χ4v) is 5.51. The van der Waals surface area contributed by atoms with Crippen molar-refractivity contribution < 1.29 is 9.53 Å². The van der Waals surface area contributed by atoms with E-state index in [2.05, 4.69) is 48.0 Å². The van der Waals surface area contributed by atoms with Crippen LogP contribution < -0.4 is 9.64 Å². The Bertz CT molecular complexity index is 1040. The minimum Gasteiger partial charge on any atom is -0.491 e. The predicted molar refractivity (Wildman–Crippen MR) is 156 cm³/mol. The Hall–Kier alpha value is -3.04. The van der Waals surface area contributed by atoms with Crippen molar-refractivity contribution in [2.24, 2.45) is 0 Å². The second-order valence-electron chi connectivity index (χ2n) is 10.3. The number of aryl methyl sites for hydroxylation is 1. The zero-order valence-electron chi connectivity index (χ0n) is 23.9. The van der Waals surface area contributed by atoms with E-state index in [0.717, 1.165) is 69.7 Å². The molecule has 0 radical (unpaired) electrons. The van der Waals surface area contributed by atoms with Gasteiger partial charge in [-0.25, -0.2) is 0 Å². The van der Waals surface area contributed by atoms with E-state index in [4.69, 9.17) is 4.74 Å². The van der Waals surface area contributed by atoms with E-state index in [9.17, 15) is 10.1 Å². The van der Waals surface area contributed by atoms with Crippen molar-refractivity contribution in [3.05, 3.63) is 59.7 Å². The third-order valence-corrected chi connectivity index (χ3v) is 7.80. The zero-order valence-corrected chi connectivity index (χ0v) is 23.9. The van der Waals surface area contributed by atoms with Gasteiger partial charge >= 0.3 is 0 Å². The molecule has 6 nitrogen and oxygen atoms in total. The van der Waals surface area contributed by atoms with Crippen LogP contribution in [0.5, 0.6) is 5.75 Å². The Labute approximate surface area is 230 Å². The molecule has 1 amide bonds. The minimum absolute atomic E-state index is 0.200. The fraction of sp³-hybridized carbons (Fsp3) is 0.562. The van der Waals surface area contributed by atoms with Crippen LogP contribution >= 0.6 is 0 Å². The molecule has 0 N–H and O–H groups in total. The number of likely N-dealkylation sites (tertiary alicyclic amines) is 1. The van der Waals surface area contributed by atoms with E-state index in [0.29, 0.717) is 26.0 Å². The van der Waals surface area contributed by atoms with Gasteiger partial charge in [0.15, 0.2) is 0 Å². The molecule has 4 rings (SSSR count). The first-order valence-electron chi connectivity index (χ1n) is 14.4. The van der Waals surface area contributed by atoms with Crippen molar-refractivity contribution in [3.63, 3.8) is 0 Å². The van der Waals surface area contributed by atoms with E-state index in [1.165, 1.54) is 11.3 Å². The van der Waals surface area contributed by atoms with Gasteiger partial charge in [-0.15, -0.1) is 0 Å². The summed E-state index contributed by atoms with van der Waals surface area (Å²) in [4.78, 5) is 19.7. The maximum atomic E-state index is 12.9. The van der Waals surface area contributed by atoms with Gasteiger partial charge in [0.25, 0.3) is 0 Å². The van der Waals surface area contributed by atoms with E-state index in [1.54, 1.807) is 0 Å². The molecule has 2 heterocycles. The number of hydrogen-bond donors (Lipinski definition) is 0. The average Bonchev–Trinajstić information content (AvgIpc) is 3.19. The molecule has 0 aromatic heterocycles. The Morgan fingerprint density at radius 3 is 2.39 bits per heavy atom. The molecule has 1 unspecified atom stereocenters. The van der Waals surface area contributed by atoms with E-state index >= 15 is 0 Å². The molecule has 2 saturated heterocycles. The SMILES string of the molecule is CC.Cc1cccc(OCCCCC(=O)N2CCCC(C#N)(c3ccccc3)CC2)c1N1CCN(C)CC1. The first-order chi connectivity index (χ1) is 18.5. The van der Waals surface area contributed by atoms with Crippen molar-refractivity contribution in [2.45, 2.75) is 64.7 Å². The monoisotopic (exact) mass is 518 g/mol. The summed E-state index contributed by atoms with van der Waals surface area (Å²) in [6.45, 7) is 12.3. The van der Waals surface area contributed by atoms with E-state index in [-0.39, 0.29) is 5.91 Å². The van der Waals surface area contributed by atoms with Crippen LogP contribution in [0.4, 0.5) is 5.69 Å². The number of piperazine rings is 1. The lowest BCUT2D eigenvalue weighted by Crippen LogP contribution is -2.44. The number of carbonyl (C=O) groups excluding carboxylic acids is 1. The molecule has 2 aromatic carbocycles. The Balaban J connectivity index is 0.00000195. The third-order valence-electron chi connectivity index (χ3n) is 7.80. The number of nitriles is 1. The summed E-state index contributed by atoms with van der Waals surface area (Å²) in [5.74, 6) is 1.15. The number of carbonyl (C=O) groups is 1. The van der Waals surface area contributed by atoms with Crippen LogP contribution in [-0.2, 0) is 10.2 Å². The molecule has 2 aromatic rings. The summed E-state index contributed by atoms with van der Waals surface area (Å²) >= 11 is 0. The first-order valence-corrected chi connectivity index (χ1v) is 14.4. The van der Waals surface area contributed by atoms with Crippen LogP contribution in [0.15, 0.2) is 48.5 Å². The Kier molecular flexibility index (Phi) is 11.5. The minimum atomic E-state index is -0.487. The number of hydrogen-bond acceptors (Lipinski definition) is 5. The summed E-state index contributed by atoms with van der Waals surface area (Å²) in [6.07, 6.45) is 4.56. The van der Waals surface area contributed by atoms with Gasteiger partial charge in [0.1, 0.15) is 5.75 Å². The van der Waals surface area contributed by atoms with Crippen molar-refractivity contribution >= 4 is 11.6 Å². The molecular formula is C32H46N4O2. The number of benzene rings is 2. The van der Waals surface area contributed by atoms with Gasteiger partial charge in [0.05, 0.1) is 23.8 Å². The zero-order chi connectivity index (χ0) is 27.4. The summed E-state index contributed by atoms with van der Waals surface area (Å²) in [5.41, 5.74) is 3.05. The second kappa shape index (κ2) is 14.8. The molecule has 2 aliphatic heterocycles. The van der Waals surface area contributed by atoms with Crippen LogP contribution in [0.2, 0.25) is 0 Å². The number of ether oxygens (including phenoxy) is 1. The van der Waals surface area contributed by atoms with Crippen molar-refractivity contribution in [1.82, 2.24) is 9.80 Å². The number of nitrogens with zero attached hydrogens (tertiary/aromatic N) is 4. The summed E-state index contributed by atoms with van der Waals surface area (Å²) in [5, 5.41) is 10.00. The second-order valence-corrected chi connectivity index (χ2v) is 10.3. The molecular weight excluding hydrogens is 472 g/mol. The van der Waals surface area contributed by atoms with Gasteiger partial charge in [-0.1, -0.05) is 56.3 Å². The van der Waals surface area contributed by atoms with Gasteiger partial charge in [0.2, 0.25) is 5.91 Å². The van der Waals surface area contributed by atoms with Crippen molar-refractivity contribution in [2.75, 3.05) is 57.8 Å². The van der Waals surface area contributed by atoms with Gasteiger partial charge in [-0.2, -0.15) is 5.26 Å². The molecule has 2 fully saturated rings. The van der Waals surface area contributed by atoms with Crippen LogP contribution in [0, 0.1) is 18.3 Å². The lowest BCUT2D eigenvalue weighted by molar-refractivity contribution is -0.131. The number of rotatable bonds is 8. The lowest BCUT2D eigenvalue weighted by atomic mass is 9.76. The van der Waals surface area contributed by atoms with Gasteiger partial charge in [-0.05, 0) is 63.3 Å². The number of anilines is 1. The molecule has 38 heavy (non-hydrogen) atoms. The van der Waals surface area contributed by atoms with Crippen LogP contribution in [-0.4, -0.2) is 68.6 Å². The highest BCUT2D eigenvalue weighted by Crippen LogP contribution is 2.35. The Morgan fingerprint density at radius 1 is 0.947 bits per heavy atom. The van der Waals surface area contributed by atoms with Crippen LogP contribution in [0.1, 0.15) is 63.5 Å². The first kappa shape index (κ1) is 29.5.